The Hall–Kier alpha value is -0.130. The van der Waals surface area contributed by atoms with Crippen LogP contribution in [0.4, 0.5) is 5.82 Å². The molecule has 0 radical (unpaired) electrons. The van der Waals surface area contributed by atoms with Crippen LogP contribution in [0.3, 0.4) is 0 Å². The summed E-state index contributed by atoms with van der Waals surface area (Å²) in [5.74, 6) is 0.838. The summed E-state index contributed by atoms with van der Waals surface area (Å²) < 4.78 is 7.31. The SMILES string of the molecule is CC(C)OCCNc1ncc(Br)cc1Br. The molecule has 5 heteroatoms. The van der Waals surface area contributed by atoms with Crippen LogP contribution >= 0.6 is 31.9 Å². The first-order chi connectivity index (χ1) is 7.09. The van der Waals surface area contributed by atoms with Gasteiger partial charge in [0.25, 0.3) is 0 Å². The van der Waals surface area contributed by atoms with Crippen LogP contribution in [0.25, 0.3) is 0 Å². The number of nitrogens with one attached hydrogen (secondary N) is 1. The van der Waals surface area contributed by atoms with Crippen LogP contribution < -0.4 is 5.32 Å². The molecule has 0 spiro atoms. The van der Waals surface area contributed by atoms with E-state index in [0.29, 0.717) is 6.61 Å². The third kappa shape index (κ3) is 4.95. The number of anilines is 1. The van der Waals surface area contributed by atoms with Gasteiger partial charge in [0, 0.05) is 17.2 Å². The molecule has 15 heavy (non-hydrogen) atoms. The summed E-state index contributed by atoms with van der Waals surface area (Å²) >= 11 is 6.78. The van der Waals surface area contributed by atoms with E-state index in [1.54, 1.807) is 6.20 Å². The lowest BCUT2D eigenvalue weighted by atomic mass is 10.4. The maximum Gasteiger partial charge on any atom is 0.140 e. The molecule has 0 atom stereocenters. The van der Waals surface area contributed by atoms with Crippen LogP contribution in [-0.2, 0) is 4.74 Å². The minimum absolute atomic E-state index is 0.271. The molecule has 0 aliphatic carbocycles. The zero-order chi connectivity index (χ0) is 11.3. The normalized spacial score (nSPS) is 10.7. The van der Waals surface area contributed by atoms with Crippen molar-refractivity contribution < 1.29 is 4.74 Å². The lowest BCUT2D eigenvalue weighted by Gasteiger charge is -2.10. The van der Waals surface area contributed by atoms with E-state index < -0.39 is 0 Å². The Morgan fingerprint density at radius 1 is 1.47 bits per heavy atom. The molecule has 3 nitrogen and oxygen atoms in total. The molecule has 1 rings (SSSR count). The van der Waals surface area contributed by atoms with E-state index in [0.717, 1.165) is 21.3 Å². The molecule has 0 saturated heterocycles. The molecule has 0 saturated carbocycles. The molecule has 0 aliphatic heterocycles. The highest BCUT2D eigenvalue weighted by Crippen LogP contribution is 2.23. The minimum Gasteiger partial charge on any atom is -0.377 e. The number of pyridine rings is 1. The molecule has 0 amide bonds. The fourth-order valence-electron chi connectivity index (χ4n) is 1.01. The summed E-state index contributed by atoms with van der Waals surface area (Å²) in [5, 5.41) is 3.19. The van der Waals surface area contributed by atoms with Gasteiger partial charge >= 0.3 is 0 Å². The van der Waals surface area contributed by atoms with Crippen molar-refractivity contribution in [3.8, 4) is 0 Å². The van der Waals surface area contributed by atoms with Crippen molar-refractivity contribution in [3.63, 3.8) is 0 Å². The molecule has 0 fully saturated rings. The quantitative estimate of drug-likeness (QED) is 0.836. The van der Waals surface area contributed by atoms with E-state index in [9.17, 15) is 0 Å². The molecular weight excluding hydrogens is 324 g/mol. The average molecular weight is 338 g/mol. The van der Waals surface area contributed by atoms with E-state index >= 15 is 0 Å². The molecule has 1 aromatic rings. The van der Waals surface area contributed by atoms with Crippen LogP contribution in [0, 0.1) is 0 Å². The van der Waals surface area contributed by atoms with Gasteiger partial charge in [-0.3, -0.25) is 0 Å². The third-order valence-corrected chi connectivity index (χ3v) is 2.69. The predicted molar refractivity (Wildman–Crippen MR) is 69.2 cm³/mol. The molecule has 84 valence electrons. The molecule has 0 bridgehead atoms. The van der Waals surface area contributed by atoms with Crippen molar-refractivity contribution in [1.29, 1.82) is 0 Å². The smallest absolute Gasteiger partial charge is 0.140 e. The number of hydrogen-bond acceptors (Lipinski definition) is 3. The largest absolute Gasteiger partial charge is 0.377 e. The Morgan fingerprint density at radius 3 is 2.80 bits per heavy atom. The van der Waals surface area contributed by atoms with Gasteiger partial charge in [0.15, 0.2) is 0 Å². The highest BCUT2D eigenvalue weighted by atomic mass is 79.9. The van der Waals surface area contributed by atoms with Gasteiger partial charge in [-0.25, -0.2) is 4.98 Å². The fourth-order valence-corrected chi connectivity index (χ4v) is 2.14. The molecule has 0 unspecified atom stereocenters. The van der Waals surface area contributed by atoms with Gasteiger partial charge in [-0.05, 0) is 51.8 Å². The van der Waals surface area contributed by atoms with Crippen molar-refractivity contribution in [2.75, 3.05) is 18.5 Å². The summed E-state index contributed by atoms with van der Waals surface area (Å²) in [6.45, 7) is 5.48. The fraction of sp³-hybridized carbons (Fsp3) is 0.500. The monoisotopic (exact) mass is 336 g/mol. The van der Waals surface area contributed by atoms with E-state index in [2.05, 4.69) is 42.2 Å². The maximum absolute atomic E-state index is 5.41. The summed E-state index contributed by atoms with van der Waals surface area (Å²) in [5.41, 5.74) is 0. The standard InChI is InChI=1S/C10H14Br2N2O/c1-7(2)15-4-3-13-10-9(12)5-8(11)6-14-10/h5-7H,3-4H2,1-2H3,(H,13,14). The summed E-state index contributed by atoms with van der Waals surface area (Å²) in [6, 6.07) is 1.96. The van der Waals surface area contributed by atoms with Crippen molar-refractivity contribution in [3.05, 3.63) is 21.2 Å². The Bertz CT molecular complexity index is 318. The first-order valence-corrected chi connectivity index (χ1v) is 6.34. The Balaban J connectivity index is 2.37. The maximum atomic E-state index is 5.41. The van der Waals surface area contributed by atoms with Crippen molar-refractivity contribution in [2.45, 2.75) is 20.0 Å². The van der Waals surface area contributed by atoms with E-state index in [4.69, 9.17) is 4.74 Å². The van der Waals surface area contributed by atoms with Crippen LogP contribution in [0.5, 0.6) is 0 Å². The number of rotatable bonds is 5. The molecule has 1 N–H and O–H groups in total. The second-order valence-corrected chi connectivity index (χ2v) is 5.10. The number of aromatic nitrogens is 1. The van der Waals surface area contributed by atoms with Crippen LogP contribution in [0.15, 0.2) is 21.2 Å². The third-order valence-electron chi connectivity index (χ3n) is 1.65. The van der Waals surface area contributed by atoms with Gasteiger partial charge in [-0.15, -0.1) is 0 Å². The van der Waals surface area contributed by atoms with Gasteiger partial charge in [0.2, 0.25) is 0 Å². The summed E-state index contributed by atoms with van der Waals surface area (Å²) in [4.78, 5) is 4.23. The van der Waals surface area contributed by atoms with E-state index in [1.165, 1.54) is 0 Å². The topological polar surface area (TPSA) is 34.1 Å². The average Bonchev–Trinajstić information content (AvgIpc) is 2.14. The summed E-state index contributed by atoms with van der Waals surface area (Å²) in [6.07, 6.45) is 2.03. The van der Waals surface area contributed by atoms with Crippen molar-refractivity contribution in [2.24, 2.45) is 0 Å². The first kappa shape index (κ1) is 12.9. The van der Waals surface area contributed by atoms with Crippen molar-refractivity contribution >= 4 is 37.7 Å². The van der Waals surface area contributed by atoms with E-state index in [-0.39, 0.29) is 6.10 Å². The number of hydrogen-bond donors (Lipinski definition) is 1. The lowest BCUT2D eigenvalue weighted by molar-refractivity contribution is 0.0870. The molecule has 0 aromatic carbocycles. The van der Waals surface area contributed by atoms with Crippen molar-refractivity contribution in [1.82, 2.24) is 4.98 Å². The number of halogens is 2. The predicted octanol–water partition coefficient (Wildman–Crippen LogP) is 3.44. The van der Waals surface area contributed by atoms with Crippen LogP contribution in [-0.4, -0.2) is 24.2 Å². The second kappa shape index (κ2) is 6.45. The summed E-state index contributed by atoms with van der Waals surface area (Å²) in [7, 11) is 0. The lowest BCUT2D eigenvalue weighted by Crippen LogP contribution is -2.14. The highest BCUT2D eigenvalue weighted by Gasteiger charge is 2.01. The number of nitrogens with zero attached hydrogens (tertiary/aromatic N) is 1. The first-order valence-electron chi connectivity index (χ1n) is 4.76. The van der Waals surface area contributed by atoms with Gasteiger partial charge in [-0.1, -0.05) is 0 Å². The van der Waals surface area contributed by atoms with E-state index in [1.807, 2.05) is 19.9 Å². The Morgan fingerprint density at radius 2 is 2.20 bits per heavy atom. The number of ether oxygens (including phenoxy) is 1. The highest BCUT2D eigenvalue weighted by molar-refractivity contribution is 9.11. The molecule has 1 aromatic heterocycles. The van der Waals surface area contributed by atoms with Gasteiger partial charge in [-0.2, -0.15) is 0 Å². The molecular formula is C10H14Br2N2O. The minimum atomic E-state index is 0.271. The second-order valence-electron chi connectivity index (χ2n) is 3.33. The Kier molecular flexibility index (Phi) is 5.56. The van der Waals surface area contributed by atoms with Gasteiger partial charge < -0.3 is 10.1 Å². The molecule has 1 heterocycles. The van der Waals surface area contributed by atoms with Crippen LogP contribution in [0.2, 0.25) is 0 Å². The zero-order valence-electron chi connectivity index (χ0n) is 8.76. The zero-order valence-corrected chi connectivity index (χ0v) is 11.9. The van der Waals surface area contributed by atoms with Crippen LogP contribution in [0.1, 0.15) is 13.8 Å². The van der Waals surface area contributed by atoms with Gasteiger partial charge in [0.05, 0.1) is 17.2 Å². The molecule has 0 aliphatic rings. The van der Waals surface area contributed by atoms with Gasteiger partial charge in [0.1, 0.15) is 5.82 Å². The Labute approximate surface area is 107 Å².